The van der Waals surface area contributed by atoms with Gasteiger partial charge in [0.05, 0.1) is 17.5 Å². The van der Waals surface area contributed by atoms with Crippen LogP contribution in [0.2, 0.25) is 0 Å². The number of hydrogen-bond acceptors (Lipinski definition) is 7. The fourth-order valence-electron chi connectivity index (χ4n) is 3.56. The Morgan fingerprint density at radius 2 is 1.71 bits per heavy atom. The summed E-state index contributed by atoms with van der Waals surface area (Å²) >= 11 is 1.48. The van der Waals surface area contributed by atoms with Crippen molar-refractivity contribution in [2.75, 3.05) is 24.4 Å². The molecule has 5 aromatic rings. The number of thiazole rings is 1. The molecule has 2 heterocycles. The molecule has 0 aliphatic carbocycles. The summed E-state index contributed by atoms with van der Waals surface area (Å²) in [6.45, 7) is 0. The highest BCUT2D eigenvalue weighted by Gasteiger charge is 2.09. The lowest BCUT2D eigenvalue weighted by molar-refractivity contribution is 0.563. The van der Waals surface area contributed by atoms with Crippen molar-refractivity contribution < 1.29 is 4.42 Å². The van der Waals surface area contributed by atoms with Gasteiger partial charge >= 0.3 is 5.63 Å². The number of hydrogen-bond donors (Lipinski definition) is 1. The summed E-state index contributed by atoms with van der Waals surface area (Å²) in [6.07, 6.45) is 1.77. The van der Waals surface area contributed by atoms with Crippen LogP contribution in [0.1, 0.15) is 5.56 Å². The van der Waals surface area contributed by atoms with Crippen LogP contribution in [0.4, 0.5) is 10.8 Å². The minimum Gasteiger partial charge on any atom is -0.422 e. The minimum atomic E-state index is -0.346. The first-order valence-electron chi connectivity index (χ1n) is 10.7. The number of nitrogens with zero attached hydrogens (tertiary/aromatic N) is 3. The van der Waals surface area contributed by atoms with Crippen molar-refractivity contribution in [3.8, 4) is 22.4 Å². The average molecular weight is 467 g/mol. The van der Waals surface area contributed by atoms with E-state index < -0.39 is 0 Å². The van der Waals surface area contributed by atoms with Gasteiger partial charge in [-0.25, -0.2) is 9.78 Å². The van der Waals surface area contributed by atoms with Crippen molar-refractivity contribution in [1.29, 1.82) is 0 Å². The van der Waals surface area contributed by atoms with Crippen LogP contribution in [0, 0.1) is 0 Å². The van der Waals surface area contributed by atoms with E-state index in [4.69, 9.17) is 4.42 Å². The molecule has 1 N–H and O–H groups in total. The van der Waals surface area contributed by atoms with Gasteiger partial charge in [0.15, 0.2) is 0 Å². The highest BCUT2D eigenvalue weighted by molar-refractivity contribution is 7.14. The Bertz CT molecular complexity index is 1520. The summed E-state index contributed by atoms with van der Waals surface area (Å²) in [5.41, 5.74) is 8.53. The normalized spacial score (nSPS) is 11.2. The van der Waals surface area contributed by atoms with Crippen LogP contribution in [0.5, 0.6) is 0 Å². The van der Waals surface area contributed by atoms with Crippen molar-refractivity contribution in [2.24, 2.45) is 5.10 Å². The Labute approximate surface area is 200 Å². The summed E-state index contributed by atoms with van der Waals surface area (Å²) in [4.78, 5) is 19.1. The van der Waals surface area contributed by atoms with Gasteiger partial charge in [0.25, 0.3) is 0 Å². The zero-order valence-corrected chi connectivity index (χ0v) is 19.5. The van der Waals surface area contributed by atoms with E-state index in [-0.39, 0.29) is 5.63 Å². The Kier molecular flexibility index (Phi) is 5.93. The third kappa shape index (κ3) is 4.60. The molecule has 7 heteroatoms. The molecule has 2 aromatic heterocycles. The third-order valence-electron chi connectivity index (χ3n) is 5.42. The molecule has 0 aliphatic heterocycles. The number of nitrogens with one attached hydrogen (secondary N) is 1. The molecule has 6 nitrogen and oxygen atoms in total. The highest BCUT2D eigenvalue weighted by atomic mass is 32.1. The van der Waals surface area contributed by atoms with E-state index >= 15 is 0 Å². The van der Waals surface area contributed by atoms with Crippen molar-refractivity contribution >= 4 is 39.3 Å². The summed E-state index contributed by atoms with van der Waals surface area (Å²) in [5, 5.41) is 7.87. The molecule has 0 amide bonds. The maximum atomic E-state index is 12.4. The fraction of sp³-hybridized carbons (Fsp3) is 0.0741. The minimum absolute atomic E-state index is 0.346. The number of para-hydroxylation sites is 1. The molecule has 168 valence electrons. The molecule has 0 bridgehead atoms. The van der Waals surface area contributed by atoms with E-state index in [1.807, 2.05) is 92.3 Å². The average Bonchev–Trinajstić information content (AvgIpc) is 3.33. The predicted molar refractivity (Wildman–Crippen MR) is 141 cm³/mol. The number of rotatable bonds is 6. The maximum Gasteiger partial charge on any atom is 0.344 e. The van der Waals surface area contributed by atoms with Crippen LogP contribution in [-0.2, 0) is 0 Å². The largest absolute Gasteiger partial charge is 0.422 e. The molecule has 3 aromatic carbocycles. The summed E-state index contributed by atoms with van der Waals surface area (Å²) in [7, 11) is 4.02. The first-order chi connectivity index (χ1) is 16.6. The smallest absolute Gasteiger partial charge is 0.344 e. The summed E-state index contributed by atoms with van der Waals surface area (Å²) in [5.74, 6) is 0. The Morgan fingerprint density at radius 3 is 2.47 bits per heavy atom. The van der Waals surface area contributed by atoms with Crippen molar-refractivity contribution in [3.63, 3.8) is 0 Å². The van der Waals surface area contributed by atoms with Crippen LogP contribution in [0.15, 0.2) is 98.6 Å². The zero-order valence-electron chi connectivity index (χ0n) is 18.7. The van der Waals surface area contributed by atoms with Crippen LogP contribution in [-0.4, -0.2) is 25.3 Å². The van der Waals surface area contributed by atoms with E-state index in [0.717, 1.165) is 33.5 Å². The van der Waals surface area contributed by atoms with E-state index in [0.29, 0.717) is 16.3 Å². The molecular weight excluding hydrogens is 444 g/mol. The van der Waals surface area contributed by atoms with Gasteiger partial charge in [0.1, 0.15) is 5.58 Å². The third-order valence-corrected chi connectivity index (χ3v) is 6.17. The monoisotopic (exact) mass is 466 g/mol. The molecule has 34 heavy (non-hydrogen) atoms. The topological polar surface area (TPSA) is 70.7 Å². The quantitative estimate of drug-likeness (QED) is 0.186. The number of hydrazone groups is 1. The number of benzene rings is 3. The van der Waals surface area contributed by atoms with Crippen molar-refractivity contribution in [1.82, 2.24) is 4.98 Å². The van der Waals surface area contributed by atoms with E-state index in [9.17, 15) is 4.79 Å². The van der Waals surface area contributed by atoms with Gasteiger partial charge < -0.3 is 9.32 Å². The Hall–Kier alpha value is -4.23. The van der Waals surface area contributed by atoms with Gasteiger partial charge in [-0.15, -0.1) is 11.3 Å². The van der Waals surface area contributed by atoms with Crippen LogP contribution < -0.4 is 16.0 Å². The summed E-state index contributed by atoms with van der Waals surface area (Å²) < 4.78 is 5.46. The second-order valence-electron chi connectivity index (χ2n) is 7.96. The molecular formula is C27H22N4O2S. The van der Waals surface area contributed by atoms with E-state index in [1.165, 1.54) is 11.3 Å². The number of fused-ring (bicyclic) bond motifs is 1. The first kappa shape index (κ1) is 21.6. The Balaban J connectivity index is 1.29. The van der Waals surface area contributed by atoms with Gasteiger partial charge in [-0.1, -0.05) is 54.6 Å². The van der Waals surface area contributed by atoms with Gasteiger partial charge in [-0.05, 0) is 35.4 Å². The van der Waals surface area contributed by atoms with Gasteiger partial charge in [0.2, 0.25) is 5.13 Å². The number of aromatic nitrogens is 1. The molecule has 0 radical (unpaired) electrons. The van der Waals surface area contributed by atoms with Crippen LogP contribution in [0.25, 0.3) is 33.4 Å². The molecule has 5 rings (SSSR count). The highest BCUT2D eigenvalue weighted by Crippen LogP contribution is 2.28. The molecule has 0 atom stereocenters. The van der Waals surface area contributed by atoms with Gasteiger partial charge in [-0.2, -0.15) is 5.10 Å². The molecule has 0 fully saturated rings. The summed E-state index contributed by atoms with van der Waals surface area (Å²) in [6, 6.07) is 25.3. The SMILES string of the molecule is CN(C)c1ccc(C=NNc2nc(-c3ccc(-c4cc5ccccc5oc4=O)cc3)cs2)cc1. The molecule has 0 aliphatic rings. The molecule has 0 saturated heterocycles. The van der Waals surface area contributed by atoms with Crippen LogP contribution in [0.3, 0.4) is 0 Å². The van der Waals surface area contributed by atoms with Gasteiger partial charge in [0, 0.05) is 36.1 Å². The van der Waals surface area contributed by atoms with Gasteiger partial charge in [-0.3, -0.25) is 5.43 Å². The molecule has 0 unspecified atom stereocenters. The van der Waals surface area contributed by atoms with E-state index in [2.05, 4.69) is 20.4 Å². The lowest BCUT2D eigenvalue weighted by Crippen LogP contribution is -2.08. The van der Waals surface area contributed by atoms with Crippen molar-refractivity contribution in [3.05, 3.63) is 100 Å². The second-order valence-corrected chi connectivity index (χ2v) is 8.81. The van der Waals surface area contributed by atoms with Crippen molar-refractivity contribution in [2.45, 2.75) is 0 Å². The standard InChI is InChI=1S/C27H22N4O2S/c1-31(2)22-13-7-18(8-14-22)16-28-30-27-29-24(17-34-27)20-11-9-19(10-12-20)23-15-21-5-3-4-6-25(21)33-26(23)32/h3-17H,1-2H3,(H,29,30). The molecule has 0 saturated carbocycles. The molecule has 0 spiro atoms. The van der Waals surface area contributed by atoms with E-state index in [1.54, 1.807) is 12.3 Å². The van der Waals surface area contributed by atoms with Crippen LogP contribution >= 0.6 is 11.3 Å². The first-order valence-corrected chi connectivity index (χ1v) is 11.6. The lowest BCUT2D eigenvalue weighted by atomic mass is 10.0. The Morgan fingerprint density at radius 1 is 0.971 bits per heavy atom. The number of anilines is 2. The maximum absolute atomic E-state index is 12.4. The lowest BCUT2D eigenvalue weighted by Gasteiger charge is -2.11. The fourth-order valence-corrected chi connectivity index (χ4v) is 4.23. The zero-order chi connectivity index (χ0) is 23.5. The second kappa shape index (κ2) is 9.33. The predicted octanol–water partition coefficient (Wildman–Crippen LogP) is 6.10.